The molecule has 0 bridgehead atoms. The minimum Gasteiger partial charge on any atom is -0.497 e. The molecular weight excluding hydrogens is 260 g/mol. The number of methoxy groups -OCH3 is 1. The molecule has 0 heterocycles. The SMILES string of the molecule is CCCNCC(C)(CC)CN(C)Cc1ccc(OC)cc1. The van der Waals surface area contributed by atoms with Crippen LogP contribution in [0.15, 0.2) is 24.3 Å². The van der Waals surface area contributed by atoms with E-state index in [4.69, 9.17) is 4.74 Å². The standard InChI is InChI=1S/C18H32N2O/c1-6-12-19-14-18(3,7-2)15-20(4)13-16-8-10-17(21-5)11-9-16/h8-11,19H,6-7,12-15H2,1-5H3. The fourth-order valence-electron chi connectivity index (χ4n) is 2.61. The number of rotatable bonds is 10. The van der Waals surface area contributed by atoms with Crippen LogP contribution in [0.4, 0.5) is 0 Å². The van der Waals surface area contributed by atoms with Gasteiger partial charge in [-0.05, 0) is 49.5 Å². The molecule has 3 nitrogen and oxygen atoms in total. The molecule has 0 radical (unpaired) electrons. The van der Waals surface area contributed by atoms with Crippen molar-refractivity contribution in [3.05, 3.63) is 29.8 Å². The summed E-state index contributed by atoms with van der Waals surface area (Å²) in [7, 11) is 3.91. The Labute approximate surface area is 130 Å². The quantitative estimate of drug-likeness (QED) is 0.668. The Hall–Kier alpha value is -1.06. The zero-order valence-electron chi connectivity index (χ0n) is 14.4. The van der Waals surface area contributed by atoms with E-state index in [0.717, 1.165) is 31.9 Å². The summed E-state index contributed by atoms with van der Waals surface area (Å²) in [5.41, 5.74) is 1.66. The summed E-state index contributed by atoms with van der Waals surface area (Å²) >= 11 is 0. The predicted octanol–water partition coefficient (Wildman–Crippen LogP) is 3.54. The van der Waals surface area contributed by atoms with E-state index < -0.39 is 0 Å². The molecule has 120 valence electrons. The molecule has 0 aliphatic rings. The van der Waals surface area contributed by atoms with Crippen molar-refractivity contribution in [1.82, 2.24) is 10.2 Å². The van der Waals surface area contributed by atoms with Crippen molar-refractivity contribution in [2.24, 2.45) is 5.41 Å². The zero-order chi connectivity index (χ0) is 15.7. The van der Waals surface area contributed by atoms with Gasteiger partial charge in [-0.25, -0.2) is 0 Å². The van der Waals surface area contributed by atoms with Gasteiger partial charge in [0.25, 0.3) is 0 Å². The molecule has 0 aromatic heterocycles. The van der Waals surface area contributed by atoms with Gasteiger partial charge in [-0.3, -0.25) is 0 Å². The van der Waals surface area contributed by atoms with Gasteiger partial charge in [0, 0.05) is 19.6 Å². The highest BCUT2D eigenvalue weighted by Crippen LogP contribution is 2.22. The van der Waals surface area contributed by atoms with Gasteiger partial charge >= 0.3 is 0 Å². The molecule has 1 unspecified atom stereocenters. The molecule has 0 fully saturated rings. The molecule has 1 rings (SSSR count). The second-order valence-electron chi connectivity index (χ2n) is 6.36. The highest BCUT2D eigenvalue weighted by atomic mass is 16.5. The van der Waals surface area contributed by atoms with Gasteiger partial charge in [0.1, 0.15) is 5.75 Å². The molecule has 3 heteroatoms. The Morgan fingerprint density at radius 2 is 1.86 bits per heavy atom. The maximum Gasteiger partial charge on any atom is 0.118 e. The summed E-state index contributed by atoms with van der Waals surface area (Å²) < 4.78 is 5.21. The average Bonchev–Trinajstić information content (AvgIpc) is 2.48. The van der Waals surface area contributed by atoms with Crippen molar-refractivity contribution in [1.29, 1.82) is 0 Å². The van der Waals surface area contributed by atoms with E-state index in [0.29, 0.717) is 5.41 Å². The number of nitrogens with zero attached hydrogens (tertiary/aromatic N) is 1. The minimum atomic E-state index is 0.330. The lowest BCUT2D eigenvalue weighted by Gasteiger charge is -2.33. The van der Waals surface area contributed by atoms with Gasteiger partial charge in [0.2, 0.25) is 0 Å². The summed E-state index contributed by atoms with van der Waals surface area (Å²) in [6.07, 6.45) is 2.39. The van der Waals surface area contributed by atoms with Crippen LogP contribution in [0.2, 0.25) is 0 Å². The third-order valence-electron chi connectivity index (χ3n) is 4.10. The number of ether oxygens (including phenoxy) is 1. The molecule has 0 spiro atoms. The largest absolute Gasteiger partial charge is 0.497 e. The van der Waals surface area contributed by atoms with Crippen LogP contribution in [0.25, 0.3) is 0 Å². The van der Waals surface area contributed by atoms with Crippen LogP contribution < -0.4 is 10.1 Å². The van der Waals surface area contributed by atoms with E-state index in [1.54, 1.807) is 7.11 Å². The van der Waals surface area contributed by atoms with Crippen molar-refractivity contribution < 1.29 is 4.74 Å². The molecule has 1 atom stereocenters. The third-order valence-corrected chi connectivity index (χ3v) is 4.10. The highest BCUT2D eigenvalue weighted by Gasteiger charge is 2.23. The minimum absolute atomic E-state index is 0.330. The Bertz CT molecular complexity index is 391. The van der Waals surface area contributed by atoms with Crippen molar-refractivity contribution in [2.45, 2.75) is 40.2 Å². The first-order chi connectivity index (χ1) is 10.0. The lowest BCUT2D eigenvalue weighted by Crippen LogP contribution is -2.40. The average molecular weight is 292 g/mol. The molecular formula is C18H32N2O. The van der Waals surface area contributed by atoms with E-state index >= 15 is 0 Å². The van der Waals surface area contributed by atoms with Gasteiger partial charge in [-0.2, -0.15) is 0 Å². The van der Waals surface area contributed by atoms with Gasteiger partial charge in [-0.15, -0.1) is 0 Å². The van der Waals surface area contributed by atoms with Crippen LogP contribution in [0.5, 0.6) is 5.75 Å². The highest BCUT2D eigenvalue weighted by molar-refractivity contribution is 5.27. The molecule has 0 saturated carbocycles. The molecule has 0 aliphatic carbocycles. The molecule has 1 aromatic rings. The summed E-state index contributed by atoms with van der Waals surface area (Å²) in [6.45, 7) is 11.2. The van der Waals surface area contributed by atoms with E-state index in [-0.39, 0.29) is 0 Å². The summed E-state index contributed by atoms with van der Waals surface area (Å²) in [5, 5.41) is 3.57. The van der Waals surface area contributed by atoms with Crippen molar-refractivity contribution >= 4 is 0 Å². The summed E-state index contributed by atoms with van der Waals surface area (Å²) in [4.78, 5) is 2.42. The van der Waals surface area contributed by atoms with E-state index in [9.17, 15) is 0 Å². The van der Waals surface area contributed by atoms with Gasteiger partial charge in [-0.1, -0.05) is 32.9 Å². The normalized spacial score (nSPS) is 14.2. The van der Waals surface area contributed by atoms with Gasteiger partial charge in [0.15, 0.2) is 0 Å². The van der Waals surface area contributed by atoms with Crippen molar-refractivity contribution in [3.63, 3.8) is 0 Å². The molecule has 0 aliphatic heterocycles. The van der Waals surface area contributed by atoms with Crippen molar-refractivity contribution in [2.75, 3.05) is 33.8 Å². The fraction of sp³-hybridized carbons (Fsp3) is 0.667. The second kappa shape index (κ2) is 9.06. The predicted molar refractivity (Wildman–Crippen MR) is 90.9 cm³/mol. The number of benzene rings is 1. The van der Waals surface area contributed by atoms with E-state index in [2.05, 4.69) is 50.2 Å². The molecule has 0 amide bonds. The fourth-order valence-corrected chi connectivity index (χ4v) is 2.61. The van der Waals surface area contributed by atoms with Crippen LogP contribution in [-0.4, -0.2) is 38.7 Å². The molecule has 21 heavy (non-hydrogen) atoms. The Morgan fingerprint density at radius 3 is 2.38 bits per heavy atom. The summed E-state index contributed by atoms with van der Waals surface area (Å²) in [5.74, 6) is 0.920. The molecule has 1 N–H and O–H groups in total. The van der Waals surface area contributed by atoms with Crippen LogP contribution in [-0.2, 0) is 6.54 Å². The molecule has 1 aromatic carbocycles. The maximum atomic E-state index is 5.21. The Morgan fingerprint density at radius 1 is 1.19 bits per heavy atom. The van der Waals surface area contributed by atoms with Gasteiger partial charge < -0.3 is 15.0 Å². The first kappa shape index (κ1) is 18.0. The first-order valence-corrected chi connectivity index (χ1v) is 8.05. The monoisotopic (exact) mass is 292 g/mol. The number of nitrogens with one attached hydrogen (secondary N) is 1. The Balaban J connectivity index is 2.50. The Kier molecular flexibility index (Phi) is 7.76. The zero-order valence-corrected chi connectivity index (χ0v) is 14.4. The smallest absolute Gasteiger partial charge is 0.118 e. The topological polar surface area (TPSA) is 24.5 Å². The van der Waals surface area contributed by atoms with Gasteiger partial charge in [0.05, 0.1) is 7.11 Å². The summed E-state index contributed by atoms with van der Waals surface area (Å²) in [6, 6.07) is 8.36. The van der Waals surface area contributed by atoms with E-state index in [1.807, 2.05) is 12.1 Å². The number of hydrogen-bond donors (Lipinski definition) is 1. The lowest BCUT2D eigenvalue weighted by molar-refractivity contribution is 0.175. The van der Waals surface area contributed by atoms with Crippen LogP contribution in [0.1, 0.15) is 39.2 Å². The second-order valence-corrected chi connectivity index (χ2v) is 6.36. The van der Waals surface area contributed by atoms with E-state index in [1.165, 1.54) is 18.4 Å². The lowest BCUT2D eigenvalue weighted by atomic mass is 9.86. The third kappa shape index (κ3) is 6.49. The first-order valence-electron chi connectivity index (χ1n) is 8.05. The van der Waals surface area contributed by atoms with Crippen LogP contribution in [0, 0.1) is 5.41 Å². The maximum absolute atomic E-state index is 5.21. The van der Waals surface area contributed by atoms with Crippen LogP contribution in [0.3, 0.4) is 0 Å². The number of hydrogen-bond acceptors (Lipinski definition) is 3. The van der Waals surface area contributed by atoms with Crippen LogP contribution >= 0.6 is 0 Å². The van der Waals surface area contributed by atoms with Crippen molar-refractivity contribution in [3.8, 4) is 5.75 Å². The molecule has 0 saturated heterocycles.